The first-order valence-corrected chi connectivity index (χ1v) is 12.9. The van der Waals surface area contributed by atoms with Crippen LogP contribution in [0.4, 0.5) is 0 Å². The molecule has 0 saturated carbocycles. The van der Waals surface area contributed by atoms with E-state index in [-0.39, 0.29) is 5.91 Å². The molecule has 0 aliphatic carbocycles. The minimum Gasteiger partial charge on any atom is -0.464 e. The number of aromatic amines is 1. The summed E-state index contributed by atoms with van der Waals surface area (Å²) in [5.41, 5.74) is 6.00. The highest BCUT2D eigenvalue weighted by molar-refractivity contribution is 6.13. The molecule has 0 bridgehead atoms. The Morgan fingerprint density at radius 1 is 1.08 bits per heavy atom. The maximum absolute atomic E-state index is 13.2. The van der Waals surface area contributed by atoms with Gasteiger partial charge >= 0.3 is 0 Å². The number of hydrogen-bond donors (Lipinski definition) is 1. The van der Waals surface area contributed by atoms with E-state index in [1.165, 1.54) is 5.70 Å². The molecule has 6 rings (SSSR count). The highest BCUT2D eigenvalue weighted by Gasteiger charge is 2.26. The Kier molecular flexibility index (Phi) is 7.96. The number of benzene rings is 1. The molecular weight excluding hydrogens is 466 g/mol. The van der Waals surface area contributed by atoms with Crippen LogP contribution in [0, 0.1) is 0 Å². The van der Waals surface area contributed by atoms with Gasteiger partial charge in [-0.3, -0.25) is 9.79 Å². The highest BCUT2D eigenvalue weighted by atomic mass is 16.5. The summed E-state index contributed by atoms with van der Waals surface area (Å²) in [6.45, 7) is 7.36. The first-order valence-electron chi connectivity index (χ1n) is 12.9. The number of para-hydroxylation sites is 1. The fourth-order valence-electron chi connectivity index (χ4n) is 4.78. The van der Waals surface area contributed by atoms with E-state index in [0.717, 1.165) is 73.6 Å². The van der Waals surface area contributed by atoms with Crippen molar-refractivity contribution >= 4 is 23.1 Å². The van der Waals surface area contributed by atoms with E-state index in [0.29, 0.717) is 18.7 Å². The van der Waals surface area contributed by atoms with Gasteiger partial charge in [-0.25, -0.2) is 4.98 Å². The average molecular weight is 500 g/mol. The van der Waals surface area contributed by atoms with Crippen molar-refractivity contribution in [2.24, 2.45) is 4.99 Å². The van der Waals surface area contributed by atoms with Gasteiger partial charge in [-0.2, -0.15) is 0 Å². The van der Waals surface area contributed by atoms with Crippen molar-refractivity contribution in [3.8, 4) is 0 Å². The van der Waals surface area contributed by atoms with Crippen LogP contribution in [0.15, 0.2) is 87.4 Å². The van der Waals surface area contributed by atoms with Crippen LogP contribution in [0.5, 0.6) is 0 Å². The third kappa shape index (κ3) is 5.91. The molecule has 192 valence electrons. The molecule has 3 aliphatic rings. The summed E-state index contributed by atoms with van der Waals surface area (Å²) in [6.07, 6.45) is 13.1. The number of rotatable bonds is 4. The molecule has 1 amide bonds. The van der Waals surface area contributed by atoms with Gasteiger partial charge in [0.1, 0.15) is 5.58 Å². The Bertz CT molecular complexity index is 1310. The molecule has 1 fully saturated rings. The maximum Gasteiger partial charge on any atom is 0.256 e. The number of morpholine rings is 1. The molecule has 3 aromatic rings. The van der Waals surface area contributed by atoms with Gasteiger partial charge in [-0.05, 0) is 37.1 Å². The summed E-state index contributed by atoms with van der Waals surface area (Å²) < 4.78 is 10.6. The zero-order valence-electron chi connectivity index (χ0n) is 21.2. The summed E-state index contributed by atoms with van der Waals surface area (Å²) in [6, 6.07) is 9.90. The quantitative estimate of drug-likeness (QED) is 0.541. The van der Waals surface area contributed by atoms with Crippen molar-refractivity contribution in [1.82, 2.24) is 19.8 Å². The molecule has 8 nitrogen and oxygen atoms in total. The van der Waals surface area contributed by atoms with Gasteiger partial charge in [-0.1, -0.05) is 30.4 Å². The number of dihydropyridines is 1. The first kappa shape index (κ1) is 24.8. The highest BCUT2D eigenvalue weighted by Crippen LogP contribution is 2.22. The van der Waals surface area contributed by atoms with Crippen LogP contribution >= 0.6 is 0 Å². The first-order chi connectivity index (χ1) is 18.2. The van der Waals surface area contributed by atoms with Crippen molar-refractivity contribution in [3.05, 3.63) is 89.4 Å². The predicted molar refractivity (Wildman–Crippen MR) is 144 cm³/mol. The van der Waals surface area contributed by atoms with Crippen LogP contribution in [-0.4, -0.2) is 71.3 Å². The summed E-state index contributed by atoms with van der Waals surface area (Å²) in [5.74, 6) is 0.0525. The number of ether oxygens (including phenoxy) is 1. The van der Waals surface area contributed by atoms with Crippen LogP contribution in [0.25, 0.3) is 11.0 Å². The van der Waals surface area contributed by atoms with Crippen molar-refractivity contribution in [2.75, 3.05) is 39.4 Å². The van der Waals surface area contributed by atoms with Crippen molar-refractivity contribution in [1.29, 1.82) is 0 Å². The number of aliphatic imine (C=N–C) groups is 1. The molecule has 37 heavy (non-hydrogen) atoms. The molecule has 5 heterocycles. The lowest BCUT2D eigenvalue weighted by molar-refractivity contribution is -0.127. The number of nitrogens with zero attached hydrogens (tertiary/aromatic N) is 4. The number of H-pyrrole nitrogens is 1. The number of imidazole rings is 1. The molecule has 8 heteroatoms. The number of fused-ring (bicyclic) bond motifs is 2. The molecule has 0 radical (unpaired) electrons. The third-order valence-electron chi connectivity index (χ3n) is 6.86. The number of hydrogen-bond acceptors (Lipinski definition) is 6. The number of furan rings is 1. The summed E-state index contributed by atoms with van der Waals surface area (Å²) >= 11 is 0. The lowest BCUT2D eigenvalue weighted by Crippen LogP contribution is -2.38. The topological polar surface area (TPSA) is 87.0 Å². The smallest absolute Gasteiger partial charge is 0.256 e. The number of carbonyl (C=O) groups is 1. The zero-order chi connectivity index (χ0) is 25.5. The Hall–Kier alpha value is -3.91. The van der Waals surface area contributed by atoms with Gasteiger partial charge in [0.2, 0.25) is 0 Å². The molecule has 1 aromatic carbocycles. The lowest BCUT2D eigenvalue weighted by Gasteiger charge is -2.30. The Morgan fingerprint density at radius 2 is 1.95 bits per heavy atom. The molecule has 1 saturated heterocycles. The molecule has 1 N–H and O–H groups in total. The van der Waals surface area contributed by atoms with Gasteiger partial charge in [0.05, 0.1) is 49.3 Å². The second-order valence-electron chi connectivity index (χ2n) is 9.13. The van der Waals surface area contributed by atoms with E-state index in [1.807, 2.05) is 42.2 Å². The van der Waals surface area contributed by atoms with E-state index in [4.69, 9.17) is 9.15 Å². The molecule has 0 spiro atoms. The maximum atomic E-state index is 13.2. The lowest BCUT2D eigenvalue weighted by atomic mass is 10.00. The number of carbonyl (C=O) groups excluding carboxylic acids is 1. The third-order valence-corrected chi connectivity index (χ3v) is 6.86. The van der Waals surface area contributed by atoms with Gasteiger partial charge in [0, 0.05) is 49.9 Å². The van der Waals surface area contributed by atoms with Crippen LogP contribution < -0.4 is 0 Å². The number of allylic oxidation sites excluding steroid dienone is 3. The average Bonchev–Trinajstić information content (AvgIpc) is 3.63. The van der Waals surface area contributed by atoms with E-state index in [2.05, 4.69) is 38.1 Å². The Morgan fingerprint density at radius 3 is 2.78 bits per heavy atom. The van der Waals surface area contributed by atoms with E-state index in [1.54, 1.807) is 18.8 Å². The van der Waals surface area contributed by atoms with E-state index >= 15 is 0 Å². The van der Waals surface area contributed by atoms with Gasteiger partial charge < -0.3 is 23.9 Å². The van der Waals surface area contributed by atoms with Crippen molar-refractivity contribution < 1.29 is 13.9 Å². The van der Waals surface area contributed by atoms with Gasteiger partial charge in [-0.15, -0.1) is 0 Å². The Labute approximate surface area is 217 Å². The molecule has 0 atom stereocenters. The predicted octanol–water partition coefficient (Wildman–Crippen LogP) is 4.29. The fourth-order valence-corrected chi connectivity index (χ4v) is 4.78. The summed E-state index contributed by atoms with van der Waals surface area (Å²) in [4.78, 5) is 29.2. The molecule has 2 aromatic heterocycles. The number of nitrogens with one attached hydrogen (secondary N) is 1. The SMILES string of the molecule is C/C=C(\C=C/C1=C(C(=O)N2CCc3nc[nH]c3C2)C=NCC1)N1CCOCC1.c1ccc2occc2c1. The van der Waals surface area contributed by atoms with E-state index < -0.39 is 0 Å². The molecule has 3 aliphatic heterocycles. The number of amides is 1. The van der Waals surface area contributed by atoms with Crippen molar-refractivity contribution in [3.63, 3.8) is 0 Å². The van der Waals surface area contributed by atoms with Crippen LogP contribution in [0.3, 0.4) is 0 Å². The normalized spacial score (nSPS) is 18.2. The van der Waals surface area contributed by atoms with Gasteiger partial charge in [0.15, 0.2) is 0 Å². The monoisotopic (exact) mass is 499 g/mol. The van der Waals surface area contributed by atoms with Gasteiger partial charge in [0.25, 0.3) is 5.91 Å². The molecular formula is C29H33N5O3. The minimum atomic E-state index is 0.0525. The molecule has 0 unspecified atom stereocenters. The van der Waals surface area contributed by atoms with E-state index in [9.17, 15) is 4.79 Å². The van der Waals surface area contributed by atoms with Crippen LogP contribution in [0.1, 0.15) is 24.7 Å². The second-order valence-corrected chi connectivity index (χ2v) is 9.13. The second kappa shape index (κ2) is 11.9. The number of aromatic nitrogens is 2. The zero-order valence-corrected chi connectivity index (χ0v) is 21.2. The Balaban J connectivity index is 0.000000260. The fraction of sp³-hybridized carbons (Fsp3) is 0.345. The van der Waals surface area contributed by atoms with Crippen LogP contribution in [-0.2, 0) is 22.5 Å². The summed E-state index contributed by atoms with van der Waals surface area (Å²) in [5, 5.41) is 1.16. The largest absolute Gasteiger partial charge is 0.464 e. The van der Waals surface area contributed by atoms with Crippen LogP contribution in [0.2, 0.25) is 0 Å². The minimum absolute atomic E-state index is 0.0525. The van der Waals surface area contributed by atoms with Crippen molar-refractivity contribution in [2.45, 2.75) is 26.3 Å². The summed E-state index contributed by atoms with van der Waals surface area (Å²) in [7, 11) is 0. The standard InChI is InChI=1S/C21H27N5O2.C8H6O/c1-2-17(25-9-11-28-12-10-25)4-3-16-5-7-22-13-18(16)21(27)26-8-6-19-20(14-26)24-15-23-19;1-2-4-8-7(3-1)5-6-9-8/h2-4,13,15H,5-12,14H2,1H3,(H,23,24);1-6H/b4-3-,17-2+;.